The Balaban J connectivity index is 1.52. The molecule has 27 heavy (non-hydrogen) atoms. The molecule has 0 radical (unpaired) electrons. The fourth-order valence-electron chi connectivity index (χ4n) is 3.68. The highest BCUT2D eigenvalue weighted by molar-refractivity contribution is 6.14. The molecule has 0 bridgehead atoms. The molecule has 2 N–H and O–H groups in total. The van der Waals surface area contributed by atoms with Gasteiger partial charge in [-0.1, -0.05) is 24.3 Å². The molecule has 136 valence electrons. The van der Waals surface area contributed by atoms with Crippen LogP contribution in [0, 0.1) is 11.3 Å². The molecule has 0 spiro atoms. The van der Waals surface area contributed by atoms with Crippen LogP contribution in [-0.4, -0.2) is 21.9 Å². The molecule has 0 saturated carbocycles. The van der Waals surface area contributed by atoms with Crippen molar-refractivity contribution in [2.24, 2.45) is 4.99 Å². The molecular weight excluding hydrogens is 338 g/mol. The van der Waals surface area contributed by atoms with Crippen LogP contribution in [-0.2, 0) is 18.3 Å². The van der Waals surface area contributed by atoms with Crippen LogP contribution in [0.1, 0.15) is 54.3 Å². The summed E-state index contributed by atoms with van der Waals surface area (Å²) in [6.45, 7) is 3.84. The summed E-state index contributed by atoms with van der Waals surface area (Å²) in [6.07, 6.45) is 8.03. The minimum atomic E-state index is -0.516. The number of carbonyl (C=O) groups is 1. The quantitative estimate of drug-likeness (QED) is 0.859. The first-order chi connectivity index (χ1) is 13.0. The molecule has 0 saturated heterocycles. The number of nitriles is 1. The second-order valence-electron chi connectivity index (χ2n) is 7.56. The zero-order chi connectivity index (χ0) is 19.0. The number of urea groups is 1. The van der Waals surface area contributed by atoms with E-state index in [4.69, 9.17) is 0 Å². The Morgan fingerprint density at radius 1 is 1.44 bits per heavy atom. The van der Waals surface area contributed by atoms with Crippen molar-refractivity contribution in [2.45, 2.75) is 44.6 Å². The maximum atomic E-state index is 12.5. The topological polar surface area (TPSA) is 93.9 Å². The fraction of sp³-hybridized carbons (Fsp3) is 0.333. The number of benzene rings is 1. The lowest BCUT2D eigenvalue weighted by atomic mass is 9.85. The van der Waals surface area contributed by atoms with Gasteiger partial charge >= 0.3 is 6.03 Å². The van der Waals surface area contributed by atoms with Crippen molar-refractivity contribution in [2.75, 3.05) is 0 Å². The molecular formula is C21H21N5O. The summed E-state index contributed by atoms with van der Waals surface area (Å²) in [5.74, 6) is 0. The average molecular weight is 359 g/mol. The Labute approximate surface area is 158 Å². The van der Waals surface area contributed by atoms with Gasteiger partial charge in [-0.15, -0.1) is 0 Å². The van der Waals surface area contributed by atoms with Gasteiger partial charge < -0.3 is 5.32 Å². The molecule has 6 nitrogen and oxygen atoms in total. The van der Waals surface area contributed by atoms with E-state index < -0.39 is 5.41 Å². The van der Waals surface area contributed by atoms with Gasteiger partial charge in [-0.2, -0.15) is 15.4 Å². The Kier molecular flexibility index (Phi) is 4.15. The van der Waals surface area contributed by atoms with Gasteiger partial charge in [-0.25, -0.2) is 4.79 Å². The van der Waals surface area contributed by atoms with Gasteiger partial charge in [-0.05, 0) is 49.5 Å². The van der Waals surface area contributed by atoms with Crippen LogP contribution in [0.5, 0.6) is 0 Å². The van der Waals surface area contributed by atoms with E-state index in [1.807, 2.05) is 38.1 Å². The molecule has 1 aromatic carbocycles. The number of nitrogens with zero attached hydrogens (tertiary/aromatic N) is 3. The molecule has 4 rings (SSSR count). The molecule has 2 aliphatic rings. The van der Waals surface area contributed by atoms with E-state index in [0.717, 1.165) is 41.6 Å². The van der Waals surface area contributed by atoms with Gasteiger partial charge in [0, 0.05) is 17.7 Å². The standard InChI is InChI=1S/C21H21N5O/c1-21(2,12-22)14-7-8-15-13(10-14)6-9-18(15)25-20(27)24-17-4-3-5-19-16(17)11-23-26-19/h3-4,7-8,10-11,18H,5-6,9H2,1-2H3,(H,23,26)(H,25,27). The van der Waals surface area contributed by atoms with Gasteiger partial charge in [0.25, 0.3) is 0 Å². The highest BCUT2D eigenvalue weighted by atomic mass is 16.2. The summed E-state index contributed by atoms with van der Waals surface area (Å²) in [4.78, 5) is 16.7. The fourth-order valence-corrected chi connectivity index (χ4v) is 3.68. The van der Waals surface area contributed by atoms with Gasteiger partial charge in [0.15, 0.2) is 0 Å². The van der Waals surface area contributed by atoms with Gasteiger partial charge in [-0.3, -0.25) is 5.10 Å². The lowest BCUT2D eigenvalue weighted by Gasteiger charge is -2.18. The lowest BCUT2D eigenvalue weighted by Crippen LogP contribution is -2.25. The van der Waals surface area contributed by atoms with Crippen molar-refractivity contribution in [3.05, 3.63) is 64.5 Å². The molecule has 0 fully saturated rings. The van der Waals surface area contributed by atoms with Crippen molar-refractivity contribution in [1.29, 1.82) is 5.26 Å². The number of carbonyl (C=O) groups excluding carboxylic acids is 1. The van der Waals surface area contributed by atoms with Crippen LogP contribution in [0.3, 0.4) is 0 Å². The van der Waals surface area contributed by atoms with Crippen molar-refractivity contribution in [3.63, 3.8) is 0 Å². The first kappa shape index (κ1) is 17.2. The molecule has 2 amide bonds. The first-order valence-corrected chi connectivity index (χ1v) is 9.11. The average Bonchev–Trinajstić information content (AvgIpc) is 3.29. The van der Waals surface area contributed by atoms with E-state index in [9.17, 15) is 10.1 Å². The molecule has 2 aromatic rings. The molecule has 1 unspecified atom stereocenters. The number of fused-ring (bicyclic) bond motifs is 2. The predicted octanol–water partition coefficient (Wildman–Crippen LogP) is 3.51. The number of aromatic amines is 1. The van der Waals surface area contributed by atoms with E-state index in [0.29, 0.717) is 5.71 Å². The first-order valence-electron chi connectivity index (χ1n) is 9.11. The number of amides is 2. The number of aliphatic imine (C=N–C) groups is 1. The SMILES string of the molecule is CC(C)(C#N)c1ccc2c(c1)CCC2NC(=O)N=C1C=CCc2[nH]ncc21. The van der Waals surface area contributed by atoms with Crippen LogP contribution in [0.25, 0.3) is 0 Å². The van der Waals surface area contributed by atoms with Crippen molar-refractivity contribution < 1.29 is 4.79 Å². The third-order valence-electron chi connectivity index (χ3n) is 5.33. The second-order valence-corrected chi connectivity index (χ2v) is 7.56. The van der Waals surface area contributed by atoms with Crippen molar-refractivity contribution in [1.82, 2.24) is 15.5 Å². The maximum absolute atomic E-state index is 12.5. The number of hydrogen-bond donors (Lipinski definition) is 2. The van der Waals surface area contributed by atoms with E-state index >= 15 is 0 Å². The van der Waals surface area contributed by atoms with Gasteiger partial charge in [0.05, 0.1) is 29.4 Å². The second kappa shape index (κ2) is 6.51. The minimum Gasteiger partial charge on any atom is -0.329 e. The number of aryl methyl sites for hydroxylation is 1. The normalized spacial score (nSPS) is 19.4. The van der Waals surface area contributed by atoms with Crippen LogP contribution in [0.4, 0.5) is 4.79 Å². The summed E-state index contributed by atoms with van der Waals surface area (Å²) in [5.41, 5.74) is 5.29. The number of allylic oxidation sites excluding steroid dienone is 2. The van der Waals surface area contributed by atoms with E-state index in [-0.39, 0.29) is 12.1 Å². The molecule has 1 heterocycles. The monoisotopic (exact) mass is 359 g/mol. The van der Waals surface area contributed by atoms with Crippen LogP contribution < -0.4 is 5.32 Å². The Bertz CT molecular complexity index is 1010. The van der Waals surface area contributed by atoms with Crippen molar-refractivity contribution in [3.8, 4) is 6.07 Å². The zero-order valence-corrected chi connectivity index (χ0v) is 15.4. The van der Waals surface area contributed by atoms with Crippen LogP contribution >= 0.6 is 0 Å². The van der Waals surface area contributed by atoms with Gasteiger partial charge in [0.2, 0.25) is 0 Å². The van der Waals surface area contributed by atoms with Crippen LogP contribution in [0.2, 0.25) is 0 Å². The molecule has 0 aliphatic heterocycles. The Morgan fingerprint density at radius 3 is 3.11 bits per heavy atom. The lowest BCUT2D eigenvalue weighted by molar-refractivity contribution is 0.245. The van der Waals surface area contributed by atoms with Crippen molar-refractivity contribution >= 4 is 11.7 Å². The summed E-state index contributed by atoms with van der Waals surface area (Å²) < 4.78 is 0. The minimum absolute atomic E-state index is 0.0486. The van der Waals surface area contributed by atoms with Gasteiger partial charge in [0.1, 0.15) is 0 Å². The molecule has 6 heteroatoms. The molecule has 2 aliphatic carbocycles. The smallest absolute Gasteiger partial charge is 0.329 e. The third kappa shape index (κ3) is 3.17. The number of aromatic nitrogens is 2. The van der Waals surface area contributed by atoms with E-state index in [1.54, 1.807) is 6.20 Å². The zero-order valence-electron chi connectivity index (χ0n) is 15.4. The summed E-state index contributed by atoms with van der Waals surface area (Å²) in [6, 6.07) is 8.06. The predicted molar refractivity (Wildman–Crippen MR) is 103 cm³/mol. The molecule has 1 aromatic heterocycles. The van der Waals surface area contributed by atoms with E-state index in [1.165, 1.54) is 5.56 Å². The third-order valence-corrected chi connectivity index (χ3v) is 5.33. The highest BCUT2D eigenvalue weighted by Gasteiger charge is 2.27. The summed E-state index contributed by atoms with van der Waals surface area (Å²) >= 11 is 0. The Hall–Kier alpha value is -3.20. The summed E-state index contributed by atoms with van der Waals surface area (Å²) in [5, 5.41) is 19.3. The largest absolute Gasteiger partial charge is 0.341 e. The number of rotatable bonds is 2. The number of H-pyrrole nitrogens is 1. The Morgan fingerprint density at radius 2 is 2.30 bits per heavy atom. The number of nitrogens with one attached hydrogen (secondary N) is 2. The van der Waals surface area contributed by atoms with E-state index in [2.05, 4.69) is 32.6 Å². The maximum Gasteiger partial charge on any atom is 0.341 e. The summed E-state index contributed by atoms with van der Waals surface area (Å²) in [7, 11) is 0. The highest BCUT2D eigenvalue weighted by Crippen LogP contribution is 2.34. The molecule has 1 atom stereocenters. The number of hydrogen-bond acceptors (Lipinski definition) is 3. The van der Waals surface area contributed by atoms with Crippen LogP contribution in [0.15, 0.2) is 41.5 Å².